The van der Waals surface area contributed by atoms with E-state index in [1.54, 1.807) is 0 Å². The molecule has 1 spiro atoms. The van der Waals surface area contributed by atoms with Crippen LogP contribution >= 0.6 is 11.3 Å². The Hall–Kier alpha value is -1.57. The van der Waals surface area contributed by atoms with Crippen molar-refractivity contribution in [2.24, 2.45) is 11.1 Å². The number of thiazole rings is 1. The Morgan fingerprint density at radius 1 is 1.38 bits per heavy atom. The van der Waals surface area contributed by atoms with E-state index in [9.17, 15) is 4.79 Å². The first-order valence-electron chi connectivity index (χ1n) is 7.04. The molecule has 2 aliphatic heterocycles. The summed E-state index contributed by atoms with van der Waals surface area (Å²) in [5.74, 6) is 1.01. The molecule has 0 unspecified atom stereocenters. The average Bonchev–Trinajstić information content (AvgIpc) is 3.12. The third-order valence-corrected chi connectivity index (χ3v) is 5.01. The van der Waals surface area contributed by atoms with Crippen LogP contribution in [-0.4, -0.2) is 49.5 Å². The Morgan fingerprint density at radius 2 is 2.19 bits per heavy atom. The molecule has 2 aromatic heterocycles. The van der Waals surface area contributed by atoms with E-state index in [1.807, 2.05) is 12.1 Å². The van der Waals surface area contributed by atoms with Gasteiger partial charge in [-0.25, -0.2) is 9.97 Å². The van der Waals surface area contributed by atoms with Crippen molar-refractivity contribution in [3.63, 3.8) is 0 Å². The van der Waals surface area contributed by atoms with E-state index < -0.39 is 0 Å². The van der Waals surface area contributed by atoms with Gasteiger partial charge < -0.3 is 16.0 Å². The van der Waals surface area contributed by atoms with Gasteiger partial charge >= 0.3 is 0 Å². The van der Waals surface area contributed by atoms with Crippen LogP contribution in [0.1, 0.15) is 16.2 Å². The summed E-state index contributed by atoms with van der Waals surface area (Å²) in [6, 6.07) is 3.98. The number of aromatic nitrogens is 2. The maximum absolute atomic E-state index is 10.8. The minimum absolute atomic E-state index is 0.471. The standard InChI is InChI=1S/C13H14N4OS.CH5N/c18-5-11-15-9-1-2-10(16-12(9)19-11)17-4-3-13(8-17)6-14-7-13;1-2/h1-2,5,14H,3-4,6-8H2;2H2,1H3. The van der Waals surface area contributed by atoms with Crippen LogP contribution in [0.2, 0.25) is 0 Å². The van der Waals surface area contributed by atoms with E-state index in [2.05, 4.69) is 25.9 Å². The molecule has 0 aliphatic carbocycles. The number of hydrogen-bond donors (Lipinski definition) is 2. The summed E-state index contributed by atoms with van der Waals surface area (Å²) in [4.78, 5) is 22.8. The van der Waals surface area contributed by atoms with Crippen molar-refractivity contribution in [1.29, 1.82) is 0 Å². The number of hydrogen-bond acceptors (Lipinski definition) is 7. The fraction of sp³-hybridized carbons (Fsp3) is 0.500. The molecule has 2 aromatic rings. The predicted molar refractivity (Wildman–Crippen MR) is 85.0 cm³/mol. The Balaban J connectivity index is 0.000000636. The van der Waals surface area contributed by atoms with Crippen LogP contribution in [0.5, 0.6) is 0 Å². The van der Waals surface area contributed by atoms with Crippen LogP contribution in [0.4, 0.5) is 5.82 Å². The van der Waals surface area contributed by atoms with Crippen LogP contribution in [0.25, 0.3) is 10.3 Å². The van der Waals surface area contributed by atoms with Gasteiger partial charge in [0.25, 0.3) is 0 Å². The van der Waals surface area contributed by atoms with Crippen LogP contribution < -0.4 is 16.0 Å². The van der Waals surface area contributed by atoms with E-state index in [4.69, 9.17) is 0 Å². The van der Waals surface area contributed by atoms with Crippen LogP contribution in [0, 0.1) is 5.41 Å². The molecule has 0 atom stereocenters. The van der Waals surface area contributed by atoms with Crippen LogP contribution in [0.3, 0.4) is 0 Å². The van der Waals surface area contributed by atoms with Crippen LogP contribution in [0.15, 0.2) is 12.1 Å². The second kappa shape index (κ2) is 5.67. The van der Waals surface area contributed by atoms with Crippen molar-refractivity contribution in [2.45, 2.75) is 6.42 Å². The minimum Gasteiger partial charge on any atom is -0.356 e. The normalized spacial score (nSPS) is 19.2. The SMILES string of the molecule is CN.O=Cc1nc2ccc(N3CCC4(CNC4)C3)nc2s1. The van der Waals surface area contributed by atoms with E-state index in [0.717, 1.165) is 48.6 Å². The van der Waals surface area contributed by atoms with E-state index in [-0.39, 0.29) is 0 Å². The lowest BCUT2D eigenvalue weighted by molar-refractivity contribution is 0.112. The quantitative estimate of drug-likeness (QED) is 0.801. The molecule has 0 saturated carbocycles. The van der Waals surface area contributed by atoms with Crippen molar-refractivity contribution >= 4 is 33.8 Å². The topological polar surface area (TPSA) is 84.1 Å². The number of nitrogens with zero attached hydrogens (tertiary/aromatic N) is 3. The number of anilines is 1. The average molecular weight is 305 g/mol. The van der Waals surface area contributed by atoms with Gasteiger partial charge in [-0.1, -0.05) is 11.3 Å². The van der Waals surface area contributed by atoms with Gasteiger partial charge in [-0.2, -0.15) is 0 Å². The second-order valence-corrected chi connectivity index (χ2v) is 6.45. The Bertz CT molecular complexity index is 652. The molecule has 0 amide bonds. The molecule has 0 bridgehead atoms. The molecule has 4 heterocycles. The van der Waals surface area contributed by atoms with Gasteiger partial charge in [0.15, 0.2) is 11.3 Å². The van der Waals surface area contributed by atoms with E-state index in [1.165, 1.54) is 24.8 Å². The zero-order chi connectivity index (χ0) is 14.9. The zero-order valence-corrected chi connectivity index (χ0v) is 12.8. The summed E-state index contributed by atoms with van der Waals surface area (Å²) < 4.78 is 0. The van der Waals surface area contributed by atoms with Gasteiger partial charge in [0.2, 0.25) is 0 Å². The highest BCUT2D eigenvalue weighted by molar-refractivity contribution is 7.19. The van der Waals surface area contributed by atoms with E-state index >= 15 is 0 Å². The number of pyridine rings is 1. The molecule has 7 heteroatoms. The summed E-state index contributed by atoms with van der Waals surface area (Å²) in [5.41, 5.74) is 5.79. The van der Waals surface area contributed by atoms with Gasteiger partial charge in [0.05, 0.1) is 0 Å². The number of aldehydes is 1. The van der Waals surface area contributed by atoms with Gasteiger partial charge in [0, 0.05) is 31.6 Å². The largest absolute Gasteiger partial charge is 0.356 e. The highest BCUT2D eigenvalue weighted by Gasteiger charge is 2.43. The second-order valence-electron chi connectivity index (χ2n) is 5.44. The smallest absolute Gasteiger partial charge is 0.178 e. The summed E-state index contributed by atoms with van der Waals surface area (Å²) in [6.07, 6.45) is 2.03. The number of carbonyl (C=O) groups excluding carboxylic acids is 1. The van der Waals surface area contributed by atoms with E-state index in [0.29, 0.717) is 10.4 Å². The first-order chi connectivity index (χ1) is 10.3. The predicted octanol–water partition coefficient (Wildman–Crippen LogP) is 0.878. The first kappa shape index (κ1) is 14.4. The lowest BCUT2D eigenvalue weighted by atomic mass is 9.81. The van der Waals surface area contributed by atoms with Gasteiger partial charge in [-0.15, -0.1) is 0 Å². The first-order valence-corrected chi connectivity index (χ1v) is 7.86. The number of nitrogens with one attached hydrogen (secondary N) is 1. The third kappa shape index (κ3) is 2.52. The van der Waals surface area contributed by atoms with Gasteiger partial charge in [0.1, 0.15) is 16.2 Å². The van der Waals surface area contributed by atoms with Crippen molar-refractivity contribution in [3.8, 4) is 0 Å². The molecule has 21 heavy (non-hydrogen) atoms. The molecule has 2 fully saturated rings. The molecule has 0 radical (unpaired) electrons. The van der Waals surface area contributed by atoms with Gasteiger partial charge in [-0.3, -0.25) is 4.79 Å². The lowest BCUT2D eigenvalue weighted by Crippen LogP contribution is -2.54. The molecule has 6 nitrogen and oxygen atoms in total. The highest BCUT2D eigenvalue weighted by atomic mass is 32.1. The molecule has 2 aliphatic rings. The fourth-order valence-corrected chi connectivity index (χ4v) is 3.70. The molecular formula is C14H19N5OS. The molecule has 0 aromatic carbocycles. The molecule has 4 rings (SSSR count). The van der Waals surface area contributed by atoms with Crippen LogP contribution in [-0.2, 0) is 0 Å². The maximum atomic E-state index is 10.8. The van der Waals surface area contributed by atoms with Gasteiger partial charge in [-0.05, 0) is 25.6 Å². The molecular weight excluding hydrogens is 286 g/mol. The lowest BCUT2D eigenvalue weighted by Gasteiger charge is -2.39. The maximum Gasteiger partial charge on any atom is 0.178 e. The number of carbonyl (C=O) groups is 1. The number of rotatable bonds is 2. The summed E-state index contributed by atoms with van der Waals surface area (Å²) in [7, 11) is 1.50. The van der Waals surface area contributed by atoms with Crippen molar-refractivity contribution in [3.05, 3.63) is 17.1 Å². The van der Waals surface area contributed by atoms with Crippen molar-refractivity contribution in [2.75, 3.05) is 38.1 Å². The molecule has 2 saturated heterocycles. The summed E-state index contributed by atoms with van der Waals surface area (Å²) >= 11 is 1.36. The Labute approximate surface area is 127 Å². The molecule has 3 N–H and O–H groups in total. The highest BCUT2D eigenvalue weighted by Crippen LogP contribution is 2.36. The van der Waals surface area contributed by atoms with Crippen molar-refractivity contribution < 1.29 is 4.79 Å². The van der Waals surface area contributed by atoms with Crippen molar-refractivity contribution in [1.82, 2.24) is 15.3 Å². The summed E-state index contributed by atoms with van der Waals surface area (Å²) in [5, 5.41) is 3.86. The number of nitrogens with two attached hydrogens (primary N) is 1. The fourth-order valence-electron chi connectivity index (χ4n) is 2.95. The Kier molecular flexibility index (Phi) is 3.88. The Morgan fingerprint density at radius 3 is 2.81 bits per heavy atom. The minimum atomic E-state index is 0.471. The number of fused-ring (bicyclic) bond motifs is 1. The zero-order valence-electron chi connectivity index (χ0n) is 12.0. The molecule has 112 valence electrons. The monoisotopic (exact) mass is 305 g/mol. The third-order valence-electron chi connectivity index (χ3n) is 4.12. The summed E-state index contributed by atoms with van der Waals surface area (Å²) in [6.45, 7) is 4.40.